The lowest BCUT2D eigenvalue weighted by Gasteiger charge is -2.17. The Kier molecular flexibility index (Phi) is 5.67. The Morgan fingerprint density at radius 3 is 2.50 bits per heavy atom. The number of ether oxygens (including phenoxy) is 1. The molecule has 0 aliphatic heterocycles. The summed E-state index contributed by atoms with van der Waals surface area (Å²) in [5, 5.41) is 2.72. The van der Waals surface area contributed by atoms with Crippen LogP contribution in [0, 0.1) is 11.7 Å². The number of nitrogens with one attached hydrogen (secondary N) is 1. The number of carbonyl (C=O) groups is 2. The maximum absolute atomic E-state index is 13.2. The molecule has 0 aliphatic carbocycles. The van der Waals surface area contributed by atoms with Gasteiger partial charge in [0, 0.05) is 12.6 Å². The van der Waals surface area contributed by atoms with Gasteiger partial charge in [0.2, 0.25) is 0 Å². The molecule has 0 saturated heterocycles. The number of halogens is 1. The molecule has 0 fully saturated rings. The second kappa shape index (κ2) is 7.03. The highest BCUT2D eigenvalue weighted by Gasteiger charge is 2.18. The first-order valence-corrected chi connectivity index (χ1v) is 6.56. The number of rotatable bonds is 6. The number of hydrogen-bond donors (Lipinski definition) is 1. The Morgan fingerprint density at radius 1 is 1.30 bits per heavy atom. The smallest absolute Gasteiger partial charge is 0.260 e. The number of carbonyl (C=O) groups excluding carboxylic acids is 2. The summed E-state index contributed by atoms with van der Waals surface area (Å²) >= 11 is 0. The first kappa shape index (κ1) is 16.1. The molecule has 1 aromatic carbocycles. The van der Waals surface area contributed by atoms with Crippen molar-refractivity contribution < 1.29 is 18.7 Å². The van der Waals surface area contributed by atoms with Crippen LogP contribution < -0.4 is 10.1 Å². The van der Waals surface area contributed by atoms with Crippen molar-refractivity contribution >= 4 is 11.7 Å². The lowest BCUT2D eigenvalue weighted by atomic mass is 10.1. The third-order valence-electron chi connectivity index (χ3n) is 2.68. The summed E-state index contributed by atoms with van der Waals surface area (Å²) in [6.45, 7) is 7.42. The van der Waals surface area contributed by atoms with Crippen molar-refractivity contribution in [3.63, 3.8) is 0 Å². The van der Waals surface area contributed by atoms with E-state index in [2.05, 4.69) is 5.32 Å². The fourth-order valence-corrected chi connectivity index (χ4v) is 1.58. The van der Waals surface area contributed by atoms with E-state index in [4.69, 9.17) is 4.74 Å². The molecule has 0 radical (unpaired) electrons. The zero-order valence-corrected chi connectivity index (χ0v) is 12.2. The average molecular weight is 281 g/mol. The third kappa shape index (κ3) is 4.64. The average Bonchev–Trinajstić information content (AvgIpc) is 2.35. The first-order chi connectivity index (χ1) is 9.31. The molecule has 0 spiro atoms. The van der Waals surface area contributed by atoms with Gasteiger partial charge in [0.25, 0.3) is 5.91 Å². The first-order valence-electron chi connectivity index (χ1n) is 6.56. The van der Waals surface area contributed by atoms with Crippen molar-refractivity contribution in [2.45, 2.75) is 33.8 Å². The molecule has 1 aromatic rings. The minimum absolute atomic E-state index is 0.0877. The largest absolute Gasteiger partial charge is 0.480 e. The molecule has 4 nitrogen and oxygen atoms in total. The Labute approximate surface area is 118 Å². The van der Waals surface area contributed by atoms with Gasteiger partial charge in [0.15, 0.2) is 11.9 Å². The summed E-state index contributed by atoms with van der Waals surface area (Å²) in [6.07, 6.45) is -0.798. The molecule has 1 amide bonds. The van der Waals surface area contributed by atoms with Crippen LogP contribution in [0.4, 0.5) is 4.39 Å². The normalized spacial score (nSPS) is 12.1. The molecule has 1 atom stereocenters. The van der Waals surface area contributed by atoms with Crippen LogP contribution in [0.2, 0.25) is 0 Å². The van der Waals surface area contributed by atoms with Crippen LogP contribution in [0.5, 0.6) is 5.75 Å². The molecule has 20 heavy (non-hydrogen) atoms. The molecular formula is C15H20FNO3. The molecular weight excluding hydrogens is 261 g/mol. The lowest BCUT2D eigenvalue weighted by Crippen LogP contribution is -2.38. The molecule has 110 valence electrons. The molecule has 0 aromatic heterocycles. The van der Waals surface area contributed by atoms with Gasteiger partial charge in [-0.25, -0.2) is 4.39 Å². The van der Waals surface area contributed by atoms with E-state index in [1.807, 2.05) is 13.8 Å². The van der Waals surface area contributed by atoms with E-state index in [-0.39, 0.29) is 23.0 Å². The van der Waals surface area contributed by atoms with Crippen molar-refractivity contribution in [2.24, 2.45) is 5.92 Å². The van der Waals surface area contributed by atoms with Crippen molar-refractivity contribution in [2.75, 3.05) is 6.54 Å². The Bertz CT molecular complexity index is 500. The summed E-state index contributed by atoms with van der Waals surface area (Å²) in [7, 11) is 0. The van der Waals surface area contributed by atoms with E-state index in [1.165, 1.54) is 19.1 Å². The minimum Gasteiger partial charge on any atom is -0.480 e. The predicted octanol–water partition coefficient (Wildman–Crippen LogP) is 2.57. The van der Waals surface area contributed by atoms with Gasteiger partial charge in [0.1, 0.15) is 11.6 Å². The van der Waals surface area contributed by atoms with Crippen LogP contribution in [0.3, 0.4) is 0 Å². The minimum atomic E-state index is -0.798. The zero-order chi connectivity index (χ0) is 15.3. The van der Waals surface area contributed by atoms with Gasteiger partial charge in [-0.1, -0.05) is 13.8 Å². The van der Waals surface area contributed by atoms with E-state index >= 15 is 0 Å². The van der Waals surface area contributed by atoms with E-state index in [9.17, 15) is 14.0 Å². The molecule has 0 aliphatic rings. The predicted molar refractivity (Wildman–Crippen MR) is 74.3 cm³/mol. The number of amides is 1. The second-order valence-electron chi connectivity index (χ2n) is 5.10. The monoisotopic (exact) mass is 281 g/mol. The Hall–Kier alpha value is -1.91. The van der Waals surface area contributed by atoms with E-state index in [0.29, 0.717) is 12.5 Å². The summed E-state index contributed by atoms with van der Waals surface area (Å²) in [5.41, 5.74) is 0.259. The maximum atomic E-state index is 13.2. The van der Waals surface area contributed by atoms with Crippen molar-refractivity contribution in [3.05, 3.63) is 29.6 Å². The van der Waals surface area contributed by atoms with Crippen molar-refractivity contribution in [3.8, 4) is 5.75 Å². The molecule has 0 bridgehead atoms. The highest BCUT2D eigenvalue weighted by atomic mass is 19.1. The quantitative estimate of drug-likeness (QED) is 0.815. The van der Waals surface area contributed by atoms with Crippen LogP contribution in [-0.2, 0) is 4.79 Å². The SMILES string of the molecule is CC(=O)c1ccc(F)cc1OC(C)C(=O)NCC(C)C. The summed E-state index contributed by atoms with van der Waals surface area (Å²) in [5.74, 6) is -0.634. The number of benzene rings is 1. The Balaban J connectivity index is 2.79. The standard InChI is InChI=1S/C15H20FNO3/c1-9(2)8-17-15(19)11(4)20-14-7-12(16)5-6-13(14)10(3)18/h5-7,9,11H,8H2,1-4H3,(H,17,19). The molecule has 1 unspecified atom stereocenters. The van der Waals surface area contributed by atoms with Crippen molar-refractivity contribution in [1.29, 1.82) is 0 Å². The van der Waals surface area contributed by atoms with Gasteiger partial charge < -0.3 is 10.1 Å². The van der Waals surface area contributed by atoms with Gasteiger partial charge in [-0.2, -0.15) is 0 Å². The van der Waals surface area contributed by atoms with Gasteiger partial charge in [-0.05, 0) is 31.9 Å². The van der Waals surface area contributed by atoms with Crippen LogP contribution >= 0.6 is 0 Å². The van der Waals surface area contributed by atoms with Crippen LogP contribution in [0.25, 0.3) is 0 Å². The molecule has 1 N–H and O–H groups in total. The van der Waals surface area contributed by atoms with Gasteiger partial charge in [-0.3, -0.25) is 9.59 Å². The molecule has 5 heteroatoms. The van der Waals surface area contributed by atoms with E-state index < -0.39 is 11.9 Å². The molecule has 0 heterocycles. The molecule has 1 rings (SSSR count). The summed E-state index contributed by atoms with van der Waals surface area (Å²) in [6, 6.07) is 3.65. The number of Topliss-reactive ketones (excluding diaryl/α,β-unsaturated/α-hetero) is 1. The lowest BCUT2D eigenvalue weighted by molar-refractivity contribution is -0.127. The van der Waals surface area contributed by atoms with Gasteiger partial charge in [-0.15, -0.1) is 0 Å². The van der Waals surface area contributed by atoms with E-state index in [1.54, 1.807) is 6.92 Å². The Morgan fingerprint density at radius 2 is 1.95 bits per heavy atom. The van der Waals surface area contributed by atoms with Crippen molar-refractivity contribution in [1.82, 2.24) is 5.32 Å². The van der Waals surface area contributed by atoms with Crippen LogP contribution in [-0.4, -0.2) is 24.3 Å². The highest BCUT2D eigenvalue weighted by molar-refractivity contribution is 5.97. The topological polar surface area (TPSA) is 55.4 Å². The van der Waals surface area contributed by atoms with Crippen LogP contribution in [0.15, 0.2) is 18.2 Å². The summed E-state index contributed by atoms with van der Waals surface area (Å²) < 4.78 is 18.6. The number of hydrogen-bond acceptors (Lipinski definition) is 3. The van der Waals surface area contributed by atoms with Gasteiger partial charge in [0.05, 0.1) is 5.56 Å². The highest BCUT2D eigenvalue weighted by Crippen LogP contribution is 2.21. The van der Waals surface area contributed by atoms with E-state index in [0.717, 1.165) is 6.07 Å². The molecule has 0 saturated carbocycles. The van der Waals surface area contributed by atoms with Crippen LogP contribution in [0.1, 0.15) is 38.1 Å². The third-order valence-corrected chi connectivity index (χ3v) is 2.68. The second-order valence-corrected chi connectivity index (χ2v) is 5.10. The summed E-state index contributed by atoms with van der Waals surface area (Å²) in [4.78, 5) is 23.2. The number of ketones is 1. The fourth-order valence-electron chi connectivity index (χ4n) is 1.58. The maximum Gasteiger partial charge on any atom is 0.260 e. The zero-order valence-electron chi connectivity index (χ0n) is 12.2. The van der Waals surface area contributed by atoms with Gasteiger partial charge >= 0.3 is 0 Å². The fraction of sp³-hybridized carbons (Fsp3) is 0.467.